The first-order valence-electron chi connectivity index (χ1n) is 11.4. The van der Waals surface area contributed by atoms with Gasteiger partial charge in [0.1, 0.15) is 17.6 Å². The highest BCUT2D eigenvalue weighted by Gasteiger charge is 2.70. The van der Waals surface area contributed by atoms with Crippen LogP contribution in [-0.2, 0) is 14.4 Å². The van der Waals surface area contributed by atoms with Crippen molar-refractivity contribution in [2.75, 3.05) is 19.1 Å². The number of rotatable bonds is 4. The summed E-state index contributed by atoms with van der Waals surface area (Å²) in [6, 6.07) is 11.5. The Hall–Kier alpha value is -3.35. The molecule has 0 aromatic heterocycles. The molecule has 0 N–H and O–H groups in total. The smallest absolute Gasteiger partial charge is 0.238 e. The molecule has 2 bridgehead atoms. The number of benzene rings is 2. The summed E-state index contributed by atoms with van der Waals surface area (Å²) in [6.45, 7) is 3.90. The number of carbonyl (C=O) groups is 2. The van der Waals surface area contributed by atoms with Crippen LogP contribution in [0.3, 0.4) is 0 Å². The van der Waals surface area contributed by atoms with Gasteiger partial charge in [-0.15, -0.1) is 0 Å². The Morgan fingerprint density at radius 1 is 0.939 bits per heavy atom. The number of amides is 2. The highest BCUT2D eigenvalue weighted by atomic mass is 16.6. The maximum Gasteiger partial charge on any atom is 0.238 e. The van der Waals surface area contributed by atoms with E-state index in [1.54, 1.807) is 14.2 Å². The van der Waals surface area contributed by atoms with Crippen LogP contribution in [0.5, 0.6) is 11.5 Å². The van der Waals surface area contributed by atoms with Gasteiger partial charge in [-0.05, 0) is 49.4 Å². The molecule has 1 saturated heterocycles. The van der Waals surface area contributed by atoms with Crippen LogP contribution in [0.1, 0.15) is 23.1 Å². The molecular formula is C26H26N2O5. The van der Waals surface area contributed by atoms with E-state index in [1.807, 2.05) is 50.2 Å². The highest BCUT2D eigenvalue weighted by Crippen LogP contribution is 2.62. The predicted octanol–water partition coefficient (Wildman–Crippen LogP) is 3.50. The van der Waals surface area contributed by atoms with Gasteiger partial charge in [0, 0.05) is 23.5 Å². The molecule has 3 fully saturated rings. The summed E-state index contributed by atoms with van der Waals surface area (Å²) in [4.78, 5) is 34.7. The van der Waals surface area contributed by atoms with Gasteiger partial charge >= 0.3 is 0 Å². The molecule has 4 aliphatic rings. The van der Waals surface area contributed by atoms with Crippen molar-refractivity contribution in [2.45, 2.75) is 26.4 Å². The van der Waals surface area contributed by atoms with E-state index >= 15 is 0 Å². The second-order valence-electron chi connectivity index (χ2n) is 9.51. The van der Waals surface area contributed by atoms with E-state index in [4.69, 9.17) is 14.3 Å². The number of para-hydroxylation sites is 1. The largest absolute Gasteiger partial charge is 0.497 e. The minimum absolute atomic E-state index is 0.0127. The molecule has 7 heteroatoms. The van der Waals surface area contributed by atoms with Crippen LogP contribution in [-0.4, -0.2) is 37.8 Å². The first kappa shape index (κ1) is 20.3. The minimum atomic E-state index is -0.338. The normalized spacial score (nSPS) is 31.4. The monoisotopic (exact) mass is 446 g/mol. The van der Waals surface area contributed by atoms with E-state index in [0.29, 0.717) is 11.5 Å². The number of fused-ring (bicyclic) bond motifs is 8. The maximum absolute atomic E-state index is 13.7. The fraction of sp³-hybridized carbons (Fsp3) is 0.423. The molecule has 0 unspecified atom stereocenters. The molecule has 170 valence electrons. The van der Waals surface area contributed by atoms with Gasteiger partial charge in [-0.2, -0.15) is 0 Å². The second kappa shape index (κ2) is 7.07. The van der Waals surface area contributed by atoms with E-state index in [1.165, 1.54) is 4.90 Å². The number of oxime groups is 1. The zero-order valence-electron chi connectivity index (χ0n) is 19.1. The van der Waals surface area contributed by atoms with Crippen molar-refractivity contribution in [3.63, 3.8) is 0 Å². The van der Waals surface area contributed by atoms with E-state index < -0.39 is 0 Å². The van der Waals surface area contributed by atoms with Crippen molar-refractivity contribution in [2.24, 2.45) is 34.7 Å². The third-order valence-corrected chi connectivity index (χ3v) is 8.04. The maximum atomic E-state index is 13.7. The summed E-state index contributed by atoms with van der Waals surface area (Å²) in [5, 5.41) is 4.44. The van der Waals surface area contributed by atoms with Gasteiger partial charge in [-0.1, -0.05) is 23.4 Å². The van der Waals surface area contributed by atoms with Gasteiger partial charge < -0.3 is 14.3 Å². The van der Waals surface area contributed by atoms with Crippen LogP contribution in [0, 0.1) is 43.4 Å². The number of hydrogen-bond donors (Lipinski definition) is 0. The summed E-state index contributed by atoms with van der Waals surface area (Å²) >= 11 is 0. The lowest BCUT2D eigenvalue weighted by Gasteiger charge is -2.30. The lowest BCUT2D eigenvalue weighted by molar-refractivity contribution is -0.125. The SMILES string of the molecule is COc1ccc(C2=NO[C@@H]3[C@H]4C[C@@H]([C@H]23)[C@@H]2C(=O)N(c3c(C)cccc3C)C(=O)[C@H]42)c(OC)c1. The quantitative estimate of drug-likeness (QED) is 0.672. The van der Waals surface area contributed by atoms with Crippen molar-refractivity contribution in [3.05, 3.63) is 53.1 Å². The van der Waals surface area contributed by atoms with Gasteiger partial charge in [0.25, 0.3) is 0 Å². The molecule has 6 atom stereocenters. The minimum Gasteiger partial charge on any atom is -0.497 e. The molecule has 2 saturated carbocycles. The summed E-state index contributed by atoms with van der Waals surface area (Å²) in [5.41, 5.74) is 4.25. The van der Waals surface area contributed by atoms with Crippen LogP contribution in [0.4, 0.5) is 5.69 Å². The van der Waals surface area contributed by atoms with Gasteiger partial charge in [-0.3, -0.25) is 9.59 Å². The fourth-order valence-corrected chi connectivity index (χ4v) is 6.74. The molecule has 2 amide bonds. The van der Waals surface area contributed by atoms with Crippen molar-refractivity contribution in [1.82, 2.24) is 0 Å². The van der Waals surface area contributed by atoms with Crippen molar-refractivity contribution < 1.29 is 23.9 Å². The molecule has 33 heavy (non-hydrogen) atoms. The van der Waals surface area contributed by atoms with Crippen molar-refractivity contribution >= 4 is 23.2 Å². The zero-order valence-corrected chi connectivity index (χ0v) is 19.1. The Morgan fingerprint density at radius 2 is 1.64 bits per heavy atom. The standard InChI is InChI=1S/C26H26N2O5/c1-12-6-5-7-13(2)23(12)28-25(29)19-16-11-17(20(19)26(28)30)24-21(16)22(27-33-24)15-9-8-14(31-3)10-18(15)32-4/h5-10,16-17,19-21,24H,11H2,1-4H3/t16-,17+,19+,20-,21-,24-/m1/s1. The number of imide groups is 1. The first-order chi connectivity index (χ1) is 16.0. The molecule has 6 rings (SSSR count). The first-order valence-corrected chi connectivity index (χ1v) is 11.4. The van der Waals surface area contributed by atoms with Gasteiger partial charge in [0.05, 0.1) is 37.5 Å². The van der Waals surface area contributed by atoms with Gasteiger partial charge in [0.2, 0.25) is 11.8 Å². The number of nitrogens with zero attached hydrogens (tertiary/aromatic N) is 2. The summed E-state index contributed by atoms with van der Waals surface area (Å²) in [5.74, 6) is 0.476. The lowest BCUT2D eigenvalue weighted by Crippen LogP contribution is -2.41. The van der Waals surface area contributed by atoms with E-state index in [0.717, 1.165) is 34.5 Å². The Morgan fingerprint density at radius 3 is 2.30 bits per heavy atom. The van der Waals surface area contributed by atoms with E-state index in [9.17, 15) is 9.59 Å². The van der Waals surface area contributed by atoms with Crippen LogP contribution in [0.25, 0.3) is 0 Å². The molecule has 2 heterocycles. The predicted molar refractivity (Wildman–Crippen MR) is 121 cm³/mol. The van der Waals surface area contributed by atoms with Crippen LogP contribution in [0.15, 0.2) is 41.6 Å². The lowest BCUT2D eigenvalue weighted by atomic mass is 9.71. The topological polar surface area (TPSA) is 77.4 Å². The third kappa shape index (κ3) is 2.59. The Bertz CT molecular complexity index is 1200. The number of methoxy groups -OCH3 is 2. The van der Waals surface area contributed by atoms with E-state index in [2.05, 4.69) is 5.16 Å². The van der Waals surface area contributed by atoms with Crippen LogP contribution < -0.4 is 14.4 Å². The molecule has 2 aliphatic carbocycles. The average molecular weight is 447 g/mol. The molecule has 0 radical (unpaired) electrons. The fourth-order valence-electron chi connectivity index (χ4n) is 6.74. The molecule has 0 spiro atoms. The number of anilines is 1. The summed E-state index contributed by atoms with van der Waals surface area (Å²) < 4.78 is 10.9. The number of ether oxygens (including phenoxy) is 2. The molecule has 2 aliphatic heterocycles. The van der Waals surface area contributed by atoms with Crippen LogP contribution in [0.2, 0.25) is 0 Å². The Balaban J connectivity index is 1.37. The molecule has 2 aromatic carbocycles. The zero-order chi connectivity index (χ0) is 23.0. The molecule has 2 aromatic rings. The number of carbonyl (C=O) groups excluding carboxylic acids is 2. The average Bonchev–Trinajstić information content (AvgIpc) is 3.55. The van der Waals surface area contributed by atoms with Crippen LogP contribution >= 0.6 is 0 Å². The summed E-state index contributed by atoms with van der Waals surface area (Å²) in [6.07, 6.45) is 0.618. The highest BCUT2D eigenvalue weighted by molar-refractivity contribution is 6.23. The summed E-state index contributed by atoms with van der Waals surface area (Å²) in [7, 11) is 3.23. The third-order valence-electron chi connectivity index (χ3n) is 8.04. The Labute approximate surface area is 192 Å². The Kier molecular flexibility index (Phi) is 4.34. The molecular weight excluding hydrogens is 420 g/mol. The van der Waals surface area contributed by atoms with Crippen molar-refractivity contribution in [3.8, 4) is 11.5 Å². The van der Waals surface area contributed by atoms with Gasteiger partial charge in [-0.25, -0.2) is 4.90 Å². The number of aryl methyl sites for hydroxylation is 2. The molecule has 7 nitrogen and oxygen atoms in total. The van der Waals surface area contributed by atoms with Gasteiger partial charge in [0.15, 0.2) is 0 Å². The number of hydrogen-bond acceptors (Lipinski definition) is 6. The second-order valence-corrected chi connectivity index (χ2v) is 9.51. The van der Waals surface area contributed by atoms with E-state index in [-0.39, 0.29) is 47.5 Å². The van der Waals surface area contributed by atoms with Crippen molar-refractivity contribution in [1.29, 1.82) is 0 Å².